The van der Waals surface area contributed by atoms with Gasteiger partial charge in [0.2, 0.25) is 0 Å². The lowest BCUT2D eigenvalue weighted by atomic mass is 10.1. The molecule has 2 aliphatic rings. The predicted octanol–water partition coefficient (Wildman–Crippen LogP) is 5.81. The summed E-state index contributed by atoms with van der Waals surface area (Å²) in [4.78, 5) is 9.88. The Bertz CT molecular complexity index is 1470. The number of hydrogen-bond donors (Lipinski definition) is 0. The number of piperidine rings is 1. The van der Waals surface area contributed by atoms with Crippen LogP contribution in [0.3, 0.4) is 0 Å². The summed E-state index contributed by atoms with van der Waals surface area (Å²) >= 11 is 1.35. The molecular weight excluding hydrogens is 459 g/mol. The van der Waals surface area contributed by atoms with E-state index in [0.717, 1.165) is 65.4 Å². The SMILES string of the molecule is CCc1nn2c(C)cc(N3CC4C(C)C4C3)cc2c1N(C)c1nc(-c2ccc(F)cc2)c(C#N)s1. The summed E-state index contributed by atoms with van der Waals surface area (Å²) in [5, 5.41) is 15.4. The standard InChI is InChI=1S/C27H27FN6S/c1-5-22-26(32(4)27-30-25(24(12-29)35-27)17-6-8-18(28)9-7-17)23-11-19(10-15(2)34(23)31-22)33-13-20-16(3)21(20)14-33/h6-11,16,20-21H,5,13-14H2,1-4H3. The van der Waals surface area contributed by atoms with E-state index in [9.17, 15) is 9.65 Å². The molecule has 2 fully saturated rings. The zero-order valence-corrected chi connectivity index (χ0v) is 21.1. The van der Waals surface area contributed by atoms with Gasteiger partial charge in [-0.15, -0.1) is 0 Å². The zero-order valence-electron chi connectivity index (χ0n) is 20.3. The van der Waals surface area contributed by atoms with Crippen LogP contribution in [0.1, 0.15) is 30.1 Å². The maximum absolute atomic E-state index is 13.5. The van der Waals surface area contributed by atoms with Crippen LogP contribution in [0.5, 0.6) is 0 Å². The average molecular weight is 487 g/mol. The Morgan fingerprint density at radius 2 is 1.91 bits per heavy atom. The number of fused-ring (bicyclic) bond motifs is 2. The average Bonchev–Trinajstić information content (AvgIpc) is 3.32. The minimum atomic E-state index is -0.310. The number of thiazole rings is 1. The molecule has 8 heteroatoms. The highest BCUT2D eigenvalue weighted by molar-refractivity contribution is 7.16. The van der Waals surface area contributed by atoms with Crippen molar-refractivity contribution in [1.82, 2.24) is 14.6 Å². The fourth-order valence-corrected chi connectivity index (χ4v) is 6.43. The molecule has 0 radical (unpaired) electrons. The van der Waals surface area contributed by atoms with E-state index in [4.69, 9.17) is 10.1 Å². The Kier molecular flexibility index (Phi) is 5.08. The highest BCUT2D eigenvalue weighted by atomic mass is 32.1. The van der Waals surface area contributed by atoms with Crippen LogP contribution in [0, 0.1) is 41.8 Å². The minimum Gasteiger partial charge on any atom is -0.371 e. The van der Waals surface area contributed by atoms with Gasteiger partial charge < -0.3 is 9.80 Å². The number of rotatable bonds is 5. The Morgan fingerprint density at radius 1 is 1.20 bits per heavy atom. The third kappa shape index (κ3) is 3.49. The van der Waals surface area contributed by atoms with Crippen LogP contribution in [-0.4, -0.2) is 34.7 Å². The molecule has 1 saturated heterocycles. The van der Waals surface area contributed by atoms with E-state index < -0.39 is 0 Å². The van der Waals surface area contributed by atoms with Crippen LogP contribution >= 0.6 is 11.3 Å². The van der Waals surface area contributed by atoms with E-state index in [1.54, 1.807) is 12.1 Å². The van der Waals surface area contributed by atoms with Crippen LogP contribution < -0.4 is 9.80 Å². The van der Waals surface area contributed by atoms with Gasteiger partial charge in [-0.3, -0.25) is 0 Å². The molecule has 1 aromatic carbocycles. The topological polar surface area (TPSA) is 60.5 Å². The number of benzene rings is 1. The van der Waals surface area contributed by atoms with Crippen LogP contribution in [0.15, 0.2) is 36.4 Å². The van der Waals surface area contributed by atoms with Gasteiger partial charge in [-0.05, 0) is 67.5 Å². The third-order valence-electron chi connectivity index (χ3n) is 7.72. The van der Waals surface area contributed by atoms with Crippen molar-refractivity contribution in [3.05, 3.63) is 58.5 Å². The van der Waals surface area contributed by atoms with Gasteiger partial charge >= 0.3 is 0 Å². The van der Waals surface area contributed by atoms with Crippen molar-refractivity contribution in [1.29, 1.82) is 5.26 Å². The van der Waals surface area contributed by atoms with Crippen molar-refractivity contribution in [3.63, 3.8) is 0 Å². The van der Waals surface area contributed by atoms with Gasteiger partial charge in [0.15, 0.2) is 5.13 Å². The first-order valence-electron chi connectivity index (χ1n) is 12.1. The molecule has 0 N–H and O–H groups in total. The molecule has 6 nitrogen and oxygen atoms in total. The first kappa shape index (κ1) is 22.1. The van der Waals surface area contributed by atoms with Gasteiger partial charge in [0.25, 0.3) is 0 Å². The maximum Gasteiger partial charge on any atom is 0.191 e. The second-order valence-electron chi connectivity index (χ2n) is 9.74. The number of nitriles is 1. The maximum atomic E-state index is 13.5. The Morgan fingerprint density at radius 3 is 2.57 bits per heavy atom. The van der Waals surface area contributed by atoms with Crippen LogP contribution in [0.2, 0.25) is 0 Å². The second kappa shape index (κ2) is 8.06. The Hall–Kier alpha value is -3.44. The fourth-order valence-electron chi connectivity index (χ4n) is 5.57. The lowest BCUT2D eigenvalue weighted by molar-refractivity contribution is 0.628. The molecule has 0 spiro atoms. The normalized spacial score (nSPS) is 20.8. The molecule has 178 valence electrons. The molecule has 4 aromatic rings. The molecule has 4 heterocycles. The zero-order chi connectivity index (χ0) is 24.4. The number of aryl methyl sites for hydroxylation is 2. The molecule has 0 amide bonds. The molecule has 2 unspecified atom stereocenters. The highest BCUT2D eigenvalue weighted by Gasteiger charge is 2.52. The molecule has 1 aliphatic carbocycles. The van der Waals surface area contributed by atoms with Gasteiger partial charge in [-0.2, -0.15) is 10.4 Å². The van der Waals surface area contributed by atoms with E-state index in [2.05, 4.69) is 43.9 Å². The van der Waals surface area contributed by atoms with Gasteiger partial charge in [0.1, 0.15) is 22.5 Å². The first-order chi connectivity index (χ1) is 16.9. The monoisotopic (exact) mass is 486 g/mol. The summed E-state index contributed by atoms with van der Waals surface area (Å²) in [5.41, 5.74) is 6.71. The largest absolute Gasteiger partial charge is 0.371 e. The third-order valence-corrected chi connectivity index (χ3v) is 8.76. The lowest BCUT2D eigenvalue weighted by Crippen LogP contribution is -2.23. The van der Waals surface area contributed by atoms with Crippen molar-refractivity contribution in [2.45, 2.75) is 27.2 Å². The smallest absolute Gasteiger partial charge is 0.191 e. The highest BCUT2D eigenvalue weighted by Crippen LogP contribution is 2.52. The van der Waals surface area contributed by atoms with Crippen molar-refractivity contribution in [3.8, 4) is 17.3 Å². The summed E-state index contributed by atoms with van der Waals surface area (Å²) in [7, 11) is 1.99. The number of nitrogens with zero attached hydrogens (tertiary/aromatic N) is 6. The van der Waals surface area contributed by atoms with Gasteiger partial charge in [-0.25, -0.2) is 13.9 Å². The van der Waals surface area contributed by atoms with Gasteiger partial charge in [0, 0.05) is 37.1 Å². The number of anilines is 3. The van der Waals surface area contributed by atoms with Crippen molar-refractivity contribution >= 4 is 33.4 Å². The minimum absolute atomic E-state index is 0.310. The molecule has 1 aliphatic heterocycles. The summed E-state index contributed by atoms with van der Waals surface area (Å²) in [5.74, 6) is 2.20. The van der Waals surface area contributed by atoms with Crippen LogP contribution in [0.4, 0.5) is 20.9 Å². The van der Waals surface area contributed by atoms with Gasteiger partial charge in [-0.1, -0.05) is 25.2 Å². The second-order valence-corrected chi connectivity index (χ2v) is 10.7. The van der Waals surface area contributed by atoms with E-state index in [1.165, 1.54) is 29.2 Å². The van der Waals surface area contributed by atoms with Gasteiger partial charge in [0.05, 0.1) is 16.9 Å². The molecule has 0 bridgehead atoms. The summed E-state index contributed by atoms with van der Waals surface area (Å²) in [6, 6.07) is 12.9. The molecule has 6 rings (SSSR count). The van der Waals surface area contributed by atoms with E-state index >= 15 is 0 Å². The summed E-state index contributed by atoms with van der Waals surface area (Å²) < 4.78 is 15.5. The number of pyridine rings is 1. The Labute approximate surface area is 208 Å². The van der Waals surface area contributed by atoms with Crippen LogP contribution in [0.25, 0.3) is 16.8 Å². The molecule has 2 atom stereocenters. The molecule has 3 aromatic heterocycles. The van der Waals surface area contributed by atoms with E-state index in [-0.39, 0.29) is 5.82 Å². The molecule has 35 heavy (non-hydrogen) atoms. The molecule has 1 saturated carbocycles. The van der Waals surface area contributed by atoms with Crippen LogP contribution in [-0.2, 0) is 6.42 Å². The summed E-state index contributed by atoms with van der Waals surface area (Å²) in [6.07, 6.45) is 0.781. The molecular formula is C27H27FN6S. The number of aromatic nitrogens is 3. The quantitative estimate of drug-likeness (QED) is 0.356. The number of halogens is 1. The van der Waals surface area contributed by atoms with Crippen molar-refractivity contribution < 1.29 is 4.39 Å². The summed E-state index contributed by atoms with van der Waals surface area (Å²) in [6.45, 7) is 8.83. The predicted molar refractivity (Wildman–Crippen MR) is 138 cm³/mol. The van der Waals surface area contributed by atoms with Crippen molar-refractivity contribution in [2.24, 2.45) is 17.8 Å². The van der Waals surface area contributed by atoms with E-state index in [0.29, 0.717) is 15.7 Å². The number of hydrogen-bond acceptors (Lipinski definition) is 6. The van der Waals surface area contributed by atoms with E-state index in [1.807, 2.05) is 16.5 Å². The lowest BCUT2D eigenvalue weighted by Gasteiger charge is -2.23. The van der Waals surface area contributed by atoms with Crippen molar-refractivity contribution in [2.75, 3.05) is 29.9 Å². The Balaban J connectivity index is 1.43. The first-order valence-corrected chi connectivity index (χ1v) is 12.9. The fraction of sp³-hybridized carbons (Fsp3) is 0.370.